The molecule has 3 heteroatoms. The minimum Gasteiger partial charge on any atom is -0.311 e. The predicted molar refractivity (Wildman–Crippen MR) is 128 cm³/mol. The van der Waals surface area contributed by atoms with E-state index >= 15 is 0 Å². The lowest BCUT2D eigenvalue weighted by atomic mass is 10.0. The molecule has 146 valence electrons. The number of aromatic nitrogens is 1. The van der Waals surface area contributed by atoms with Crippen molar-refractivity contribution >= 4 is 34.0 Å². The van der Waals surface area contributed by atoms with E-state index in [1.807, 2.05) is 12.4 Å². The van der Waals surface area contributed by atoms with Crippen LogP contribution in [0.15, 0.2) is 109 Å². The molecule has 4 rings (SSSR count). The van der Waals surface area contributed by atoms with Crippen LogP contribution in [0.3, 0.4) is 0 Å². The first-order valence-corrected chi connectivity index (χ1v) is 9.78. The number of nitrogens with zero attached hydrogens (tertiary/aromatic N) is 2. The van der Waals surface area contributed by atoms with Crippen molar-refractivity contribution in [3.8, 4) is 0 Å². The Hall–Kier alpha value is -2.91. The third-order valence-corrected chi connectivity index (χ3v) is 4.90. The van der Waals surface area contributed by atoms with E-state index in [2.05, 4.69) is 107 Å². The molecule has 0 radical (unpaired) electrons. The molecule has 1 aromatic heterocycles. The highest BCUT2D eigenvalue weighted by atomic mass is 79.9. The maximum atomic E-state index is 4.08. The van der Waals surface area contributed by atoms with Crippen LogP contribution in [0.1, 0.15) is 17.5 Å². The molecule has 3 aromatic carbocycles. The molecule has 0 aliphatic heterocycles. The maximum Gasteiger partial charge on any atom is 0.0461 e. The third kappa shape index (κ3) is 5.55. The summed E-state index contributed by atoms with van der Waals surface area (Å²) in [5, 5.41) is 0. The van der Waals surface area contributed by atoms with Crippen LogP contribution in [0.4, 0.5) is 17.1 Å². The van der Waals surface area contributed by atoms with Crippen molar-refractivity contribution in [3.63, 3.8) is 0 Å². The summed E-state index contributed by atoms with van der Waals surface area (Å²) in [6.07, 6.45) is 7.05. The monoisotopic (exact) mass is 444 g/mol. The van der Waals surface area contributed by atoms with Crippen molar-refractivity contribution in [2.75, 3.05) is 4.90 Å². The van der Waals surface area contributed by atoms with E-state index in [0.717, 1.165) is 19.3 Å². The summed E-state index contributed by atoms with van der Waals surface area (Å²) in [6, 6.07) is 34.2. The number of halogens is 1. The molecule has 29 heavy (non-hydrogen) atoms. The summed E-state index contributed by atoms with van der Waals surface area (Å²) in [5.74, 6) is 0. The molecule has 2 nitrogen and oxygen atoms in total. The van der Waals surface area contributed by atoms with Crippen molar-refractivity contribution in [2.45, 2.75) is 19.3 Å². The van der Waals surface area contributed by atoms with Crippen molar-refractivity contribution < 1.29 is 0 Å². The first kappa shape index (κ1) is 20.8. The van der Waals surface area contributed by atoms with Gasteiger partial charge in [0, 0.05) is 29.5 Å². The van der Waals surface area contributed by atoms with Gasteiger partial charge in [0.2, 0.25) is 0 Å². The van der Waals surface area contributed by atoms with Gasteiger partial charge in [-0.1, -0.05) is 48.5 Å². The van der Waals surface area contributed by atoms with Gasteiger partial charge in [0.15, 0.2) is 0 Å². The zero-order valence-electron chi connectivity index (χ0n) is 16.3. The van der Waals surface area contributed by atoms with Crippen LogP contribution in [0.5, 0.6) is 0 Å². The molecule has 0 N–H and O–H groups in total. The number of aryl methyl sites for hydroxylation is 2. The molecule has 0 aliphatic rings. The van der Waals surface area contributed by atoms with Crippen molar-refractivity contribution in [1.29, 1.82) is 0 Å². The predicted octanol–water partition coefficient (Wildman–Crippen LogP) is 7.30. The number of hydrogen-bond donors (Lipinski definition) is 0. The highest BCUT2D eigenvalue weighted by molar-refractivity contribution is 8.93. The van der Waals surface area contributed by atoms with Crippen molar-refractivity contribution in [2.24, 2.45) is 0 Å². The topological polar surface area (TPSA) is 16.1 Å². The average molecular weight is 445 g/mol. The molecule has 0 saturated heterocycles. The zero-order valence-corrected chi connectivity index (χ0v) is 18.0. The summed E-state index contributed by atoms with van der Waals surface area (Å²) < 4.78 is 0. The Labute approximate surface area is 183 Å². The molecule has 4 aromatic rings. The Morgan fingerprint density at radius 3 is 1.48 bits per heavy atom. The lowest BCUT2D eigenvalue weighted by molar-refractivity contribution is 0.819. The lowest BCUT2D eigenvalue weighted by Crippen LogP contribution is -2.09. The Balaban J connectivity index is 0.00000240. The summed E-state index contributed by atoms with van der Waals surface area (Å²) in [6.45, 7) is 0. The summed E-state index contributed by atoms with van der Waals surface area (Å²) >= 11 is 0. The molecule has 0 aliphatic carbocycles. The van der Waals surface area contributed by atoms with Gasteiger partial charge in [-0.05, 0) is 78.9 Å². The van der Waals surface area contributed by atoms with E-state index in [1.54, 1.807) is 0 Å². The fourth-order valence-electron chi connectivity index (χ4n) is 3.46. The molecule has 0 spiro atoms. The fraction of sp³-hybridized carbons (Fsp3) is 0.115. The molecular formula is C26H25BrN2. The van der Waals surface area contributed by atoms with Crippen molar-refractivity contribution in [3.05, 3.63) is 121 Å². The number of pyridine rings is 1. The second-order valence-corrected chi connectivity index (χ2v) is 6.88. The summed E-state index contributed by atoms with van der Waals surface area (Å²) in [4.78, 5) is 6.38. The van der Waals surface area contributed by atoms with E-state index in [0.29, 0.717) is 0 Å². The SMILES string of the molecule is Br.c1ccc(N(c2ccccc2)c2ccc(CCCc3ccncc3)cc2)cc1. The van der Waals surface area contributed by atoms with Gasteiger partial charge in [-0.2, -0.15) is 0 Å². The van der Waals surface area contributed by atoms with Gasteiger partial charge in [-0.25, -0.2) is 0 Å². The summed E-state index contributed by atoms with van der Waals surface area (Å²) in [5.41, 5.74) is 6.23. The standard InChI is InChI=1S/C26H24N2.BrH/c1-3-10-24(11-4-1)28(25-12-5-2-6-13-25)26-16-14-22(15-17-26)8-7-9-23-18-20-27-21-19-23;/h1-6,10-21H,7-9H2;1H. The molecule has 0 amide bonds. The molecule has 0 fully saturated rings. The van der Waals surface area contributed by atoms with E-state index in [9.17, 15) is 0 Å². The molecule has 1 heterocycles. The molecule has 0 unspecified atom stereocenters. The van der Waals surface area contributed by atoms with E-state index in [4.69, 9.17) is 0 Å². The molecule has 0 bridgehead atoms. The molecule has 0 saturated carbocycles. The molecule has 0 atom stereocenters. The van der Waals surface area contributed by atoms with Crippen LogP contribution in [0.2, 0.25) is 0 Å². The van der Waals surface area contributed by atoms with Gasteiger partial charge < -0.3 is 4.90 Å². The Kier molecular flexibility index (Phi) is 7.60. The van der Waals surface area contributed by atoms with Crippen LogP contribution in [-0.4, -0.2) is 4.98 Å². The lowest BCUT2D eigenvalue weighted by Gasteiger charge is -2.25. The largest absolute Gasteiger partial charge is 0.311 e. The minimum absolute atomic E-state index is 0. The Bertz CT molecular complexity index is 932. The van der Waals surface area contributed by atoms with Crippen LogP contribution < -0.4 is 4.90 Å². The van der Waals surface area contributed by atoms with E-state index in [-0.39, 0.29) is 17.0 Å². The van der Waals surface area contributed by atoms with Gasteiger partial charge in [-0.3, -0.25) is 4.98 Å². The number of para-hydroxylation sites is 2. The second kappa shape index (κ2) is 10.6. The highest BCUT2D eigenvalue weighted by Crippen LogP contribution is 2.34. The van der Waals surface area contributed by atoms with Gasteiger partial charge in [0.25, 0.3) is 0 Å². The second-order valence-electron chi connectivity index (χ2n) is 6.88. The number of benzene rings is 3. The number of hydrogen-bond acceptors (Lipinski definition) is 2. The van der Waals surface area contributed by atoms with Gasteiger partial charge in [-0.15, -0.1) is 17.0 Å². The number of anilines is 3. The zero-order chi connectivity index (χ0) is 19.0. The van der Waals surface area contributed by atoms with Crippen LogP contribution in [0, 0.1) is 0 Å². The third-order valence-electron chi connectivity index (χ3n) is 4.90. The Morgan fingerprint density at radius 1 is 0.517 bits per heavy atom. The highest BCUT2D eigenvalue weighted by Gasteiger charge is 2.11. The fourth-order valence-corrected chi connectivity index (χ4v) is 3.46. The minimum atomic E-state index is 0. The first-order valence-electron chi connectivity index (χ1n) is 9.78. The smallest absolute Gasteiger partial charge is 0.0461 e. The van der Waals surface area contributed by atoms with Crippen molar-refractivity contribution in [1.82, 2.24) is 4.98 Å². The van der Waals surface area contributed by atoms with Gasteiger partial charge >= 0.3 is 0 Å². The number of rotatable bonds is 7. The Morgan fingerprint density at radius 2 is 0.966 bits per heavy atom. The maximum absolute atomic E-state index is 4.08. The van der Waals surface area contributed by atoms with Crippen LogP contribution in [-0.2, 0) is 12.8 Å². The average Bonchev–Trinajstić information content (AvgIpc) is 2.77. The molecular weight excluding hydrogens is 420 g/mol. The van der Waals surface area contributed by atoms with Crippen LogP contribution >= 0.6 is 17.0 Å². The summed E-state index contributed by atoms with van der Waals surface area (Å²) in [7, 11) is 0. The van der Waals surface area contributed by atoms with E-state index in [1.165, 1.54) is 28.2 Å². The quantitative estimate of drug-likeness (QED) is 0.297. The van der Waals surface area contributed by atoms with Gasteiger partial charge in [0.1, 0.15) is 0 Å². The first-order chi connectivity index (χ1) is 13.9. The normalized spacial score (nSPS) is 10.2. The van der Waals surface area contributed by atoms with E-state index < -0.39 is 0 Å². The van der Waals surface area contributed by atoms with Gasteiger partial charge in [0.05, 0.1) is 0 Å². The van der Waals surface area contributed by atoms with Crippen LogP contribution in [0.25, 0.3) is 0 Å².